The molecule has 0 amide bonds. The van der Waals surface area contributed by atoms with Crippen LogP contribution in [0.3, 0.4) is 0 Å². The van der Waals surface area contributed by atoms with Crippen molar-refractivity contribution in [3.05, 3.63) is 29.8 Å². The second kappa shape index (κ2) is 11.1. The van der Waals surface area contributed by atoms with Gasteiger partial charge in [-0.2, -0.15) is 0 Å². The lowest BCUT2D eigenvalue weighted by Crippen LogP contribution is -2.12. The Labute approximate surface area is 124 Å². The Balaban J connectivity index is 2.06. The van der Waals surface area contributed by atoms with Crippen LogP contribution in [-0.2, 0) is 18.9 Å². The van der Waals surface area contributed by atoms with Gasteiger partial charge in [0.15, 0.2) is 0 Å². The molecule has 21 heavy (non-hydrogen) atoms. The molecule has 0 aliphatic heterocycles. The van der Waals surface area contributed by atoms with Gasteiger partial charge in [0.25, 0.3) is 0 Å². The molecule has 0 spiro atoms. The minimum atomic E-state index is -0.363. The van der Waals surface area contributed by atoms with Gasteiger partial charge in [0.05, 0.1) is 45.7 Å². The lowest BCUT2D eigenvalue weighted by Gasteiger charge is -2.08. The van der Waals surface area contributed by atoms with Crippen LogP contribution in [0.25, 0.3) is 0 Å². The minimum absolute atomic E-state index is 0.363. The van der Waals surface area contributed by atoms with Crippen molar-refractivity contribution in [2.75, 3.05) is 53.9 Å². The molecule has 6 heteroatoms. The van der Waals surface area contributed by atoms with Crippen LogP contribution in [0.2, 0.25) is 0 Å². The first-order valence-corrected chi connectivity index (χ1v) is 6.73. The molecule has 0 bridgehead atoms. The summed E-state index contributed by atoms with van der Waals surface area (Å²) < 4.78 is 25.6. The Bertz CT molecular complexity index is 390. The SMILES string of the molecule is COCCOCCOCCOc1ccc(C(=O)OC)cc1. The van der Waals surface area contributed by atoms with Crippen LogP contribution in [0.4, 0.5) is 0 Å². The maximum Gasteiger partial charge on any atom is 0.337 e. The van der Waals surface area contributed by atoms with Crippen molar-refractivity contribution in [3.8, 4) is 5.75 Å². The van der Waals surface area contributed by atoms with E-state index in [0.717, 1.165) is 0 Å². The molecule has 0 aliphatic rings. The van der Waals surface area contributed by atoms with Gasteiger partial charge in [-0.05, 0) is 24.3 Å². The van der Waals surface area contributed by atoms with E-state index in [1.54, 1.807) is 31.4 Å². The molecule has 118 valence electrons. The van der Waals surface area contributed by atoms with E-state index in [-0.39, 0.29) is 5.97 Å². The van der Waals surface area contributed by atoms with Gasteiger partial charge in [-0.25, -0.2) is 4.79 Å². The monoisotopic (exact) mass is 298 g/mol. The van der Waals surface area contributed by atoms with E-state index in [0.29, 0.717) is 51.0 Å². The highest BCUT2D eigenvalue weighted by atomic mass is 16.6. The molecule has 0 saturated carbocycles. The Morgan fingerprint density at radius 3 is 2.00 bits per heavy atom. The van der Waals surface area contributed by atoms with Gasteiger partial charge in [-0.15, -0.1) is 0 Å². The van der Waals surface area contributed by atoms with Crippen molar-refractivity contribution in [3.63, 3.8) is 0 Å². The molecule has 1 aromatic rings. The number of methoxy groups -OCH3 is 2. The summed E-state index contributed by atoms with van der Waals surface area (Å²) in [7, 11) is 2.98. The fourth-order valence-electron chi connectivity index (χ4n) is 1.49. The Kier molecular flexibility index (Phi) is 9.19. The topological polar surface area (TPSA) is 63.2 Å². The number of rotatable bonds is 11. The molecular formula is C15H22O6. The zero-order chi connectivity index (χ0) is 15.3. The lowest BCUT2D eigenvalue weighted by atomic mass is 10.2. The molecule has 0 atom stereocenters. The highest BCUT2D eigenvalue weighted by Crippen LogP contribution is 2.12. The number of carbonyl (C=O) groups excluding carboxylic acids is 1. The first-order chi connectivity index (χ1) is 10.3. The average Bonchev–Trinajstić information content (AvgIpc) is 2.53. The van der Waals surface area contributed by atoms with Crippen molar-refractivity contribution in [2.24, 2.45) is 0 Å². The minimum Gasteiger partial charge on any atom is -0.491 e. The second-order valence-electron chi connectivity index (χ2n) is 4.08. The third kappa shape index (κ3) is 7.65. The first kappa shape index (κ1) is 17.4. The van der Waals surface area contributed by atoms with E-state index in [9.17, 15) is 4.79 Å². The number of carbonyl (C=O) groups is 1. The molecule has 0 saturated heterocycles. The van der Waals surface area contributed by atoms with Crippen molar-refractivity contribution in [1.82, 2.24) is 0 Å². The van der Waals surface area contributed by atoms with E-state index >= 15 is 0 Å². The van der Waals surface area contributed by atoms with Crippen LogP contribution in [0.15, 0.2) is 24.3 Å². The van der Waals surface area contributed by atoms with E-state index in [1.165, 1.54) is 7.11 Å². The fourth-order valence-corrected chi connectivity index (χ4v) is 1.49. The average molecular weight is 298 g/mol. The van der Waals surface area contributed by atoms with Crippen LogP contribution < -0.4 is 4.74 Å². The zero-order valence-electron chi connectivity index (χ0n) is 12.5. The second-order valence-corrected chi connectivity index (χ2v) is 4.08. The molecule has 0 heterocycles. The summed E-state index contributed by atoms with van der Waals surface area (Å²) in [5.41, 5.74) is 0.495. The molecule has 0 aromatic heterocycles. The maximum atomic E-state index is 11.2. The van der Waals surface area contributed by atoms with Crippen LogP contribution in [-0.4, -0.2) is 59.8 Å². The number of ether oxygens (including phenoxy) is 5. The number of benzene rings is 1. The van der Waals surface area contributed by atoms with E-state index in [2.05, 4.69) is 4.74 Å². The number of esters is 1. The van der Waals surface area contributed by atoms with Gasteiger partial charge in [0.1, 0.15) is 12.4 Å². The lowest BCUT2D eigenvalue weighted by molar-refractivity contribution is 0.0179. The predicted octanol–water partition coefficient (Wildman–Crippen LogP) is 1.53. The van der Waals surface area contributed by atoms with E-state index in [4.69, 9.17) is 18.9 Å². The van der Waals surface area contributed by atoms with Crippen molar-refractivity contribution >= 4 is 5.97 Å². The van der Waals surface area contributed by atoms with Crippen LogP contribution in [0.1, 0.15) is 10.4 Å². The maximum absolute atomic E-state index is 11.2. The summed E-state index contributed by atoms with van der Waals surface area (Å²) in [6, 6.07) is 6.76. The standard InChI is InChI=1S/C15H22O6/c1-17-7-8-19-9-10-20-11-12-21-14-5-3-13(4-6-14)15(16)18-2/h3-6H,7-12H2,1-2H3. The van der Waals surface area contributed by atoms with Gasteiger partial charge >= 0.3 is 5.97 Å². The summed E-state index contributed by atoms with van der Waals surface area (Å²) in [5, 5.41) is 0. The molecule has 0 radical (unpaired) electrons. The van der Waals surface area contributed by atoms with Crippen LogP contribution in [0, 0.1) is 0 Å². The normalized spacial score (nSPS) is 10.4. The van der Waals surface area contributed by atoms with E-state index < -0.39 is 0 Å². The van der Waals surface area contributed by atoms with E-state index in [1.807, 2.05) is 0 Å². The first-order valence-electron chi connectivity index (χ1n) is 6.73. The van der Waals surface area contributed by atoms with Crippen molar-refractivity contribution < 1.29 is 28.5 Å². The molecule has 0 fully saturated rings. The summed E-state index contributed by atoms with van der Waals surface area (Å²) >= 11 is 0. The molecular weight excluding hydrogens is 276 g/mol. The molecule has 0 aliphatic carbocycles. The molecule has 0 N–H and O–H groups in total. The fraction of sp³-hybridized carbons (Fsp3) is 0.533. The van der Waals surface area contributed by atoms with Crippen LogP contribution >= 0.6 is 0 Å². The number of hydrogen-bond donors (Lipinski definition) is 0. The van der Waals surface area contributed by atoms with Crippen LogP contribution in [0.5, 0.6) is 5.75 Å². The third-order valence-electron chi connectivity index (χ3n) is 2.58. The summed E-state index contributed by atoms with van der Waals surface area (Å²) in [5.74, 6) is 0.320. The van der Waals surface area contributed by atoms with Crippen molar-refractivity contribution in [1.29, 1.82) is 0 Å². The summed E-state index contributed by atoms with van der Waals surface area (Å²) in [6.07, 6.45) is 0. The summed E-state index contributed by atoms with van der Waals surface area (Å²) in [4.78, 5) is 11.2. The van der Waals surface area contributed by atoms with Gasteiger partial charge in [-0.3, -0.25) is 0 Å². The molecule has 0 unspecified atom stereocenters. The summed E-state index contributed by atoms with van der Waals surface area (Å²) in [6.45, 7) is 3.14. The van der Waals surface area contributed by atoms with Crippen molar-refractivity contribution in [2.45, 2.75) is 0 Å². The molecule has 1 rings (SSSR count). The zero-order valence-corrected chi connectivity index (χ0v) is 12.5. The highest BCUT2D eigenvalue weighted by molar-refractivity contribution is 5.89. The smallest absolute Gasteiger partial charge is 0.337 e. The highest BCUT2D eigenvalue weighted by Gasteiger charge is 2.04. The molecule has 6 nitrogen and oxygen atoms in total. The largest absolute Gasteiger partial charge is 0.491 e. The number of hydrogen-bond acceptors (Lipinski definition) is 6. The molecule has 1 aromatic carbocycles. The Morgan fingerprint density at radius 1 is 0.857 bits per heavy atom. The Morgan fingerprint density at radius 2 is 1.43 bits per heavy atom. The van der Waals surface area contributed by atoms with Gasteiger partial charge in [0, 0.05) is 7.11 Å². The quantitative estimate of drug-likeness (QED) is 0.456. The van der Waals surface area contributed by atoms with Gasteiger partial charge < -0.3 is 23.7 Å². The Hall–Kier alpha value is -1.63. The van der Waals surface area contributed by atoms with Gasteiger partial charge in [-0.1, -0.05) is 0 Å². The third-order valence-corrected chi connectivity index (χ3v) is 2.58. The van der Waals surface area contributed by atoms with Gasteiger partial charge in [0.2, 0.25) is 0 Å². The predicted molar refractivity (Wildman–Crippen MR) is 76.8 cm³/mol.